The number of nitrogens with zero attached hydrogens (tertiary/aromatic N) is 1. The number of imide groups is 1. The van der Waals surface area contributed by atoms with Crippen molar-refractivity contribution in [2.75, 3.05) is 46.0 Å². The molecule has 9 heteroatoms. The lowest BCUT2D eigenvalue weighted by Crippen LogP contribution is -2.46. The lowest BCUT2D eigenvalue weighted by atomic mass is 10.2. The lowest BCUT2D eigenvalue weighted by Gasteiger charge is -2.28. The van der Waals surface area contributed by atoms with Gasteiger partial charge in [-0.3, -0.25) is 9.69 Å². The molecule has 0 aliphatic carbocycles. The Bertz CT molecular complexity index is 422. The second-order valence-corrected chi connectivity index (χ2v) is 9.16. The SMILES string of the molecule is CCO[Si](CCCNCCNC(=O)N1CCCCCC1=O)(OCC)OCC. The Balaban J connectivity index is 2.21. The fourth-order valence-corrected chi connectivity index (χ4v) is 5.72. The van der Waals surface area contributed by atoms with E-state index in [0.717, 1.165) is 38.3 Å². The van der Waals surface area contributed by atoms with Crippen LogP contribution in [0.3, 0.4) is 0 Å². The first-order valence-corrected chi connectivity index (χ1v) is 12.2. The minimum Gasteiger partial charge on any atom is -0.374 e. The summed E-state index contributed by atoms with van der Waals surface area (Å²) in [7, 11) is -2.57. The highest BCUT2D eigenvalue weighted by Crippen LogP contribution is 2.17. The van der Waals surface area contributed by atoms with E-state index in [-0.39, 0.29) is 11.9 Å². The van der Waals surface area contributed by atoms with Crippen molar-refractivity contribution in [1.29, 1.82) is 0 Å². The minimum atomic E-state index is -2.57. The molecule has 158 valence electrons. The summed E-state index contributed by atoms with van der Waals surface area (Å²) >= 11 is 0. The zero-order chi connectivity index (χ0) is 20.0. The maximum atomic E-state index is 12.1. The molecule has 8 nitrogen and oxygen atoms in total. The van der Waals surface area contributed by atoms with Crippen LogP contribution in [0.5, 0.6) is 0 Å². The van der Waals surface area contributed by atoms with E-state index in [1.54, 1.807) is 0 Å². The molecule has 27 heavy (non-hydrogen) atoms. The molecule has 0 aromatic heterocycles. The molecular weight excluding hydrogens is 366 g/mol. The summed E-state index contributed by atoms with van der Waals surface area (Å²) in [6, 6.07) is 0.489. The number of carbonyl (C=O) groups excluding carboxylic acids is 2. The number of likely N-dealkylation sites (tertiary alicyclic amines) is 1. The number of hydrogen-bond acceptors (Lipinski definition) is 6. The van der Waals surface area contributed by atoms with Gasteiger partial charge in [-0.25, -0.2) is 4.79 Å². The van der Waals surface area contributed by atoms with Gasteiger partial charge < -0.3 is 23.9 Å². The summed E-state index contributed by atoms with van der Waals surface area (Å²) < 4.78 is 17.5. The van der Waals surface area contributed by atoms with Crippen LogP contribution in [0, 0.1) is 0 Å². The minimum absolute atomic E-state index is 0.0676. The highest BCUT2D eigenvalue weighted by Gasteiger charge is 2.39. The molecule has 1 fully saturated rings. The van der Waals surface area contributed by atoms with Gasteiger partial charge in [0.15, 0.2) is 0 Å². The molecule has 2 N–H and O–H groups in total. The van der Waals surface area contributed by atoms with Crippen LogP contribution in [-0.2, 0) is 18.1 Å². The monoisotopic (exact) mass is 403 g/mol. The molecular formula is C18H37N3O5Si. The van der Waals surface area contributed by atoms with Crippen molar-refractivity contribution < 1.29 is 22.9 Å². The molecule has 1 aliphatic rings. The van der Waals surface area contributed by atoms with Crippen molar-refractivity contribution in [2.24, 2.45) is 0 Å². The number of carbonyl (C=O) groups is 2. The van der Waals surface area contributed by atoms with Gasteiger partial charge in [0.05, 0.1) is 0 Å². The van der Waals surface area contributed by atoms with Crippen LogP contribution < -0.4 is 10.6 Å². The van der Waals surface area contributed by atoms with Crippen molar-refractivity contribution in [1.82, 2.24) is 15.5 Å². The predicted octanol–water partition coefficient (Wildman–Crippen LogP) is 2.13. The Hall–Kier alpha value is -1.00. The Morgan fingerprint density at radius 3 is 2.30 bits per heavy atom. The normalized spacial score (nSPS) is 15.7. The van der Waals surface area contributed by atoms with Gasteiger partial charge in [0.25, 0.3) is 0 Å². The maximum absolute atomic E-state index is 12.1. The Morgan fingerprint density at radius 2 is 1.67 bits per heavy atom. The van der Waals surface area contributed by atoms with Crippen molar-refractivity contribution >= 4 is 20.7 Å². The molecule has 1 rings (SSSR count). The number of hydrogen-bond donors (Lipinski definition) is 2. The molecule has 0 bridgehead atoms. The first-order valence-electron chi connectivity index (χ1n) is 10.3. The van der Waals surface area contributed by atoms with Gasteiger partial charge in [-0.15, -0.1) is 0 Å². The van der Waals surface area contributed by atoms with Gasteiger partial charge in [0, 0.05) is 51.9 Å². The van der Waals surface area contributed by atoms with Gasteiger partial charge in [-0.1, -0.05) is 6.42 Å². The van der Waals surface area contributed by atoms with Gasteiger partial charge in [-0.05, 0) is 46.6 Å². The number of urea groups is 1. The van der Waals surface area contributed by atoms with E-state index in [2.05, 4.69) is 10.6 Å². The molecule has 0 atom stereocenters. The van der Waals surface area contributed by atoms with E-state index in [0.29, 0.717) is 45.9 Å². The third-order valence-electron chi connectivity index (χ3n) is 4.33. The number of rotatable bonds is 13. The Morgan fingerprint density at radius 1 is 1.00 bits per heavy atom. The Labute approximate surface area is 164 Å². The molecule has 0 spiro atoms. The summed E-state index contributed by atoms with van der Waals surface area (Å²) in [5.41, 5.74) is 0. The van der Waals surface area contributed by atoms with Crippen LogP contribution in [0.4, 0.5) is 4.79 Å². The van der Waals surface area contributed by atoms with Gasteiger partial charge in [0.1, 0.15) is 0 Å². The second-order valence-electron chi connectivity index (χ2n) is 6.42. The topological polar surface area (TPSA) is 89.1 Å². The Kier molecular flexibility index (Phi) is 12.5. The quantitative estimate of drug-likeness (QED) is 0.362. The van der Waals surface area contributed by atoms with E-state index in [4.69, 9.17) is 13.3 Å². The third-order valence-corrected chi connectivity index (χ3v) is 7.48. The maximum Gasteiger partial charge on any atom is 0.500 e. The zero-order valence-corrected chi connectivity index (χ0v) is 18.2. The average Bonchev–Trinajstić information content (AvgIpc) is 2.86. The summed E-state index contributed by atoms with van der Waals surface area (Å²) in [5.74, 6) is -0.0676. The molecule has 0 radical (unpaired) electrons. The zero-order valence-electron chi connectivity index (χ0n) is 17.2. The van der Waals surface area contributed by atoms with Crippen molar-refractivity contribution in [3.05, 3.63) is 0 Å². The fourth-order valence-electron chi connectivity index (χ4n) is 3.11. The predicted molar refractivity (Wildman–Crippen MR) is 107 cm³/mol. The first kappa shape index (κ1) is 24.0. The lowest BCUT2D eigenvalue weighted by molar-refractivity contribution is -0.127. The fraction of sp³-hybridized carbons (Fsp3) is 0.889. The second kappa shape index (κ2) is 14.1. The van der Waals surface area contributed by atoms with Crippen molar-refractivity contribution in [2.45, 2.75) is 58.9 Å². The van der Waals surface area contributed by atoms with Gasteiger partial charge in [-0.2, -0.15) is 0 Å². The summed E-state index contributed by atoms with van der Waals surface area (Å²) in [4.78, 5) is 25.4. The summed E-state index contributed by atoms with van der Waals surface area (Å²) in [5, 5.41) is 6.12. The molecule has 1 saturated heterocycles. The van der Waals surface area contributed by atoms with E-state index >= 15 is 0 Å². The highest BCUT2D eigenvalue weighted by atomic mass is 28.4. The van der Waals surface area contributed by atoms with Gasteiger partial charge >= 0.3 is 14.8 Å². The third kappa shape index (κ3) is 9.16. The van der Waals surface area contributed by atoms with Gasteiger partial charge in [0.2, 0.25) is 5.91 Å². The summed E-state index contributed by atoms with van der Waals surface area (Å²) in [6.07, 6.45) is 4.12. The molecule has 3 amide bonds. The average molecular weight is 404 g/mol. The van der Waals surface area contributed by atoms with Crippen LogP contribution in [0.1, 0.15) is 52.9 Å². The smallest absolute Gasteiger partial charge is 0.374 e. The largest absolute Gasteiger partial charge is 0.500 e. The molecule has 1 aliphatic heterocycles. The number of nitrogens with one attached hydrogen (secondary N) is 2. The summed E-state index contributed by atoms with van der Waals surface area (Å²) in [6.45, 7) is 10.1. The molecule has 0 unspecified atom stereocenters. The molecule has 0 aromatic rings. The van der Waals surface area contributed by atoms with Crippen molar-refractivity contribution in [3.63, 3.8) is 0 Å². The molecule has 0 aromatic carbocycles. The van der Waals surface area contributed by atoms with Crippen LogP contribution in [-0.4, -0.2) is 71.6 Å². The highest BCUT2D eigenvalue weighted by molar-refractivity contribution is 6.60. The van der Waals surface area contributed by atoms with E-state index in [1.165, 1.54) is 4.90 Å². The van der Waals surface area contributed by atoms with Crippen LogP contribution >= 0.6 is 0 Å². The first-order chi connectivity index (χ1) is 13.1. The van der Waals surface area contributed by atoms with E-state index < -0.39 is 8.80 Å². The van der Waals surface area contributed by atoms with E-state index in [1.807, 2.05) is 20.8 Å². The van der Waals surface area contributed by atoms with Crippen LogP contribution in [0.15, 0.2) is 0 Å². The van der Waals surface area contributed by atoms with Crippen LogP contribution in [0.25, 0.3) is 0 Å². The van der Waals surface area contributed by atoms with E-state index in [9.17, 15) is 9.59 Å². The standard InChI is InChI=1S/C18H37N3O5Si/c1-4-24-27(25-5-2,26-6-3)16-10-12-19-13-14-20-18(23)21-15-9-7-8-11-17(21)22/h19H,4-16H2,1-3H3,(H,20,23). The number of amides is 3. The van der Waals surface area contributed by atoms with Crippen molar-refractivity contribution in [3.8, 4) is 0 Å². The van der Waals surface area contributed by atoms with Crippen LogP contribution in [0.2, 0.25) is 6.04 Å². The molecule has 0 saturated carbocycles. The molecule has 1 heterocycles.